The number of fused-ring (bicyclic) bond motifs is 2. The van der Waals surface area contributed by atoms with Crippen molar-refractivity contribution >= 4 is 72.1 Å². The molecule has 0 radical (unpaired) electrons. The van der Waals surface area contributed by atoms with E-state index in [-0.39, 0.29) is 29.9 Å². The van der Waals surface area contributed by atoms with Crippen LogP contribution in [0.5, 0.6) is 0 Å². The molecule has 24 heteroatoms. The zero-order valence-corrected chi connectivity index (χ0v) is 38.8. The minimum absolute atomic E-state index is 0.114. The van der Waals surface area contributed by atoms with Gasteiger partial charge >= 0.3 is 12.1 Å². The van der Waals surface area contributed by atoms with Gasteiger partial charge in [0.15, 0.2) is 32.0 Å². The van der Waals surface area contributed by atoms with Gasteiger partial charge in [-0.2, -0.15) is 18.9 Å². The summed E-state index contributed by atoms with van der Waals surface area (Å²) in [5.41, 5.74) is 8.25. The molecule has 21 nitrogen and oxygen atoms in total. The topological polar surface area (TPSA) is 247 Å². The highest BCUT2D eigenvalue weighted by Gasteiger charge is 2.21. The molecule has 340 valence electrons. The molecule has 0 aliphatic carbocycles. The summed E-state index contributed by atoms with van der Waals surface area (Å²) in [5, 5.41) is 21.6. The van der Waals surface area contributed by atoms with E-state index in [0.717, 1.165) is 50.7 Å². The first-order valence-electron chi connectivity index (χ1n) is 20.3. The molecular formula is C42H44N16O5S3. The normalized spacial score (nSPS) is 11.3. The van der Waals surface area contributed by atoms with Crippen LogP contribution in [0.15, 0.2) is 97.1 Å². The van der Waals surface area contributed by atoms with Crippen LogP contribution in [0.3, 0.4) is 0 Å². The van der Waals surface area contributed by atoms with Gasteiger partial charge in [0.25, 0.3) is 0 Å². The monoisotopic (exact) mass is 948 g/mol. The molecule has 9 rings (SSSR count). The van der Waals surface area contributed by atoms with E-state index in [1.807, 2.05) is 92.5 Å². The lowest BCUT2D eigenvalue weighted by Gasteiger charge is -2.10. The first-order valence-corrected chi connectivity index (χ1v) is 23.7. The fourth-order valence-corrected chi connectivity index (χ4v) is 8.73. The molecule has 3 amide bonds. The number of benzene rings is 1. The van der Waals surface area contributed by atoms with E-state index in [0.29, 0.717) is 47.2 Å². The van der Waals surface area contributed by atoms with E-state index in [1.165, 1.54) is 23.1 Å². The van der Waals surface area contributed by atoms with E-state index < -0.39 is 15.9 Å². The molecule has 0 saturated carbocycles. The molecule has 9 aromatic rings. The zero-order valence-electron chi connectivity index (χ0n) is 36.3. The van der Waals surface area contributed by atoms with Crippen molar-refractivity contribution in [3.05, 3.63) is 120 Å². The van der Waals surface area contributed by atoms with E-state index in [4.69, 9.17) is 9.72 Å². The minimum Gasteiger partial charge on any atom is -0.445 e. The highest BCUT2D eigenvalue weighted by atomic mass is 32.2. The Balaban J connectivity index is 0.000000180. The fourth-order valence-electron chi connectivity index (χ4n) is 6.64. The molecule has 0 bridgehead atoms. The number of carbonyl (C=O) groups is 2. The second-order valence-electron chi connectivity index (χ2n) is 15.0. The van der Waals surface area contributed by atoms with Gasteiger partial charge in [-0.25, -0.2) is 37.9 Å². The molecule has 66 heavy (non-hydrogen) atoms. The predicted octanol–water partition coefficient (Wildman–Crippen LogP) is 5.77. The van der Waals surface area contributed by atoms with Gasteiger partial charge in [-0.3, -0.25) is 23.5 Å². The standard InChI is InChI=1S/C21H22N10OS2.C21H22N6O4S/c1-12-6-17(33-28-12)26-19-20-23-9-16(14-8-24-30(3)10-14)31(20)11-15(25-19)4-5-22-21(32)27-18-7-13(2)29-34-18;1-26-12-16(10-24-26)18-11-23-19-20(32(2,29)30)25-17(13-27(18)19)8-9-22-21(28)31-14-15-6-4-3-5-7-15/h6-11H,4-5H2,1-3H3,(H,25,26)(H2,22,27,32);3-7,10-13H,8-9,14H2,1-2H3,(H,22,28). The summed E-state index contributed by atoms with van der Waals surface area (Å²) in [6.45, 7) is 4.64. The van der Waals surface area contributed by atoms with E-state index in [1.54, 1.807) is 45.6 Å². The lowest BCUT2D eigenvalue weighted by Crippen LogP contribution is -2.30. The van der Waals surface area contributed by atoms with Crippen LogP contribution in [-0.2, 0) is 48.1 Å². The quantitative estimate of drug-likeness (QED) is 0.101. The second kappa shape index (κ2) is 19.7. The average molecular weight is 949 g/mol. The van der Waals surface area contributed by atoms with Crippen LogP contribution < -0.4 is 21.3 Å². The van der Waals surface area contributed by atoms with Gasteiger partial charge in [-0.05, 0) is 54.6 Å². The molecule has 0 aliphatic rings. The molecule has 4 N–H and O–H groups in total. The van der Waals surface area contributed by atoms with Crippen molar-refractivity contribution in [3.63, 3.8) is 0 Å². The van der Waals surface area contributed by atoms with Gasteiger partial charge in [-0.15, -0.1) is 0 Å². The Labute approximate surface area is 386 Å². The Morgan fingerprint density at radius 2 is 1.30 bits per heavy atom. The number of sulfone groups is 1. The van der Waals surface area contributed by atoms with Crippen molar-refractivity contribution in [2.75, 3.05) is 30.0 Å². The summed E-state index contributed by atoms with van der Waals surface area (Å²) >= 11 is 2.62. The van der Waals surface area contributed by atoms with Crippen LogP contribution in [-0.4, -0.2) is 96.9 Å². The molecular weight excluding hydrogens is 905 g/mol. The molecule has 0 spiro atoms. The van der Waals surface area contributed by atoms with Crippen LogP contribution in [0.25, 0.3) is 33.8 Å². The Morgan fingerprint density at radius 1 is 0.727 bits per heavy atom. The van der Waals surface area contributed by atoms with Gasteiger partial charge in [-0.1, -0.05) is 30.3 Å². The highest BCUT2D eigenvalue weighted by Crippen LogP contribution is 2.28. The highest BCUT2D eigenvalue weighted by molar-refractivity contribution is 7.90. The third-order valence-corrected chi connectivity index (χ3v) is 12.2. The van der Waals surface area contributed by atoms with Crippen LogP contribution in [0.1, 0.15) is 28.3 Å². The summed E-state index contributed by atoms with van der Waals surface area (Å²) in [6, 6.07) is 12.9. The van der Waals surface area contributed by atoms with Crippen molar-refractivity contribution in [2.45, 2.75) is 38.3 Å². The summed E-state index contributed by atoms with van der Waals surface area (Å²) in [4.78, 5) is 42.2. The summed E-state index contributed by atoms with van der Waals surface area (Å²) < 4.78 is 45.4. The van der Waals surface area contributed by atoms with Crippen molar-refractivity contribution < 1.29 is 22.7 Å². The number of nitrogens with zero attached hydrogens (tertiary/aromatic N) is 12. The first kappa shape index (κ1) is 45.0. The van der Waals surface area contributed by atoms with Crippen molar-refractivity contribution in [3.8, 4) is 22.5 Å². The first-order chi connectivity index (χ1) is 31.7. The Bertz CT molecular complexity index is 3260. The van der Waals surface area contributed by atoms with Crippen LogP contribution >= 0.6 is 23.1 Å². The number of aromatic nitrogens is 12. The number of imidazole rings is 2. The Hall–Kier alpha value is -7.57. The maximum atomic E-state index is 12.3. The summed E-state index contributed by atoms with van der Waals surface area (Å²) in [5.74, 6) is 0.626. The molecule has 1 aromatic carbocycles. The summed E-state index contributed by atoms with van der Waals surface area (Å²) in [6.07, 6.45) is 15.7. The number of hydrogen-bond donors (Lipinski definition) is 4. The lowest BCUT2D eigenvalue weighted by molar-refractivity contribution is 0.140. The number of carbonyl (C=O) groups excluding carboxylic acids is 2. The number of ether oxygens (including phenoxy) is 1. The number of hydrogen-bond acceptors (Lipinski definition) is 16. The van der Waals surface area contributed by atoms with Gasteiger partial charge in [0.1, 0.15) is 16.6 Å². The molecule has 0 unspecified atom stereocenters. The number of nitrogens with one attached hydrogen (secondary N) is 4. The van der Waals surface area contributed by atoms with Crippen LogP contribution in [0.4, 0.5) is 25.4 Å². The number of amides is 3. The number of aryl methyl sites for hydroxylation is 4. The van der Waals surface area contributed by atoms with Gasteiger partial charge in [0.2, 0.25) is 0 Å². The average Bonchev–Trinajstić information content (AvgIpc) is 4.16. The number of rotatable bonds is 14. The zero-order chi connectivity index (χ0) is 46.4. The van der Waals surface area contributed by atoms with E-state index >= 15 is 0 Å². The van der Waals surface area contributed by atoms with Gasteiger partial charge < -0.3 is 20.7 Å². The largest absolute Gasteiger partial charge is 0.445 e. The maximum Gasteiger partial charge on any atom is 0.407 e. The van der Waals surface area contributed by atoms with Crippen molar-refractivity contribution in [1.82, 2.24) is 67.7 Å². The van der Waals surface area contributed by atoms with Crippen molar-refractivity contribution in [2.24, 2.45) is 14.1 Å². The third kappa shape index (κ3) is 11.0. The SMILES string of the molecule is Cc1cc(NC(=O)NCCc2cn3c(-c4cnn(C)c4)cnc3c(Nc3cc(C)ns3)n2)sn1.Cn1cc(-c2cnc3c(S(C)(=O)=O)nc(CCNC(=O)OCc4ccccc4)cn23)cn1. The predicted molar refractivity (Wildman–Crippen MR) is 250 cm³/mol. The smallest absolute Gasteiger partial charge is 0.407 e. The minimum atomic E-state index is -3.62. The van der Waals surface area contributed by atoms with E-state index in [9.17, 15) is 18.0 Å². The second-order valence-corrected chi connectivity index (χ2v) is 18.6. The van der Waals surface area contributed by atoms with Gasteiger partial charge in [0.05, 0.1) is 59.0 Å². The van der Waals surface area contributed by atoms with Crippen LogP contribution in [0.2, 0.25) is 0 Å². The maximum absolute atomic E-state index is 12.3. The fraction of sp³-hybridized carbons (Fsp3) is 0.238. The molecule has 8 aromatic heterocycles. The van der Waals surface area contributed by atoms with Crippen LogP contribution in [0, 0.1) is 13.8 Å². The van der Waals surface area contributed by atoms with Crippen molar-refractivity contribution in [1.29, 1.82) is 0 Å². The molecule has 0 saturated heterocycles. The number of alkyl carbamates (subject to hydrolysis) is 1. The third-order valence-electron chi connectivity index (χ3n) is 9.67. The van der Waals surface area contributed by atoms with E-state index in [2.05, 4.69) is 55.2 Å². The number of anilines is 3. The molecule has 0 atom stereocenters. The molecule has 8 heterocycles. The molecule has 0 aliphatic heterocycles. The Morgan fingerprint density at radius 3 is 1.88 bits per heavy atom. The summed E-state index contributed by atoms with van der Waals surface area (Å²) in [7, 11) is 0.0504. The Kier molecular flexibility index (Phi) is 13.4. The van der Waals surface area contributed by atoms with Gasteiger partial charge in [0, 0.05) is 82.2 Å². The molecule has 0 fully saturated rings. The lowest BCUT2D eigenvalue weighted by atomic mass is 10.2. The number of urea groups is 1.